The Bertz CT molecular complexity index is 681. The van der Waals surface area contributed by atoms with Crippen molar-refractivity contribution in [1.29, 1.82) is 0 Å². The van der Waals surface area contributed by atoms with Gasteiger partial charge in [0.05, 0.1) is 5.69 Å². The summed E-state index contributed by atoms with van der Waals surface area (Å²) in [6.07, 6.45) is 1.38. The minimum Gasteiger partial charge on any atom is -0.478 e. The Labute approximate surface area is 124 Å². The number of pyridine rings is 1. The summed E-state index contributed by atoms with van der Waals surface area (Å²) in [7, 11) is 3.96. The summed E-state index contributed by atoms with van der Waals surface area (Å²) in [5.41, 5.74) is 4.56. The molecule has 1 aromatic heterocycles. The first-order valence-corrected chi connectivity index (χ1v) is 6.63. The van der Waals surface area contributed by atoms with E-state index in [1.54, 1.807) is 6.07 Å². The lowest BCUT2D eigenvalue weighted by atomic mass is 10.1. The molecule has 0 saturated heterocycles. The number of rotatable bonds is 4. The first-order chi connectivity index (χ1) is 9.88. The quantitative estimate of drug-likeness (QED) is 0.903. The van der Waals surface area contributed by atoms with Gasteiger partial charge in [0.1, 0.15) is 5.56 Å². The van der Waals surface area contributed by atoms with E-state index in [-0.39, 0.29) is 5.56 Å². The van der Waals surface area contributed by atoms with E-state index in [0.717, 1.165) is 22.6 Å². The Kier molecular flexibility index (Phi) is 4.12. The third-order valence-electron chi connectivity index (χ3n) is 3.24. The van der Waals surface area contributed by atoms with Gasteiger partial charge >= 0.3 is 5.97 Å². The predicted octanol–water partition coefficient (Wildman–Crippen LogP) is 3.21. The van der Waals surface area contributed by atoms with E-state index >= 15 is 0 Å². The summed E-state index contributed by atoms with van der Waals surface area (Å²) >= 11 is 0. The fraction of sp³-hybridized carbons (Fsp3) is 0.250. The minimum atomic E-state index is -0.995. The average Bonchev–Trinajstić information content (AvgIpc) is 2.40. The van der Waals surface area contributed by atoms with Crippen LogP contribution in [0.1, 0.15) is 21.6 Å². The smallest absolute Gasteiger partial charge is 0.339 e. The zero-order valence-electron chi connectivity index (χ0n) is 12.6. The first kappa shape index (κ1) is 14.8. The molecular formula is C16H19N3O2. The van der Waals surface area contributed by atoms with Gasteiger partial charge in [-0.3, -0.25) is 4.98 Å². The summed E-state index contributed by atoms with van der Waals surface area (Å²) in [6, 6.07) is 7.67. The topological polar surface area (TPSA) is 65.5 Å². The lowest BCUT2D eigenvalue weighted by molar-refractivity contribution is 0.0697. The van der Waals surface area contributed by atoms with Gasteiger partial charge in [0, 0.05) is 37.4 Å². The number of benzene rings is 1. The molecule has 1 aromatic carbocycles. The van der Waals surface area contributed by atoms with Crippen LogP contribution >= 0.6 is 0 Å². The summed E-state index contributed by atoms with van der Waals surface area (Å²) in [5, 5.41) is 12.4. The molecule has 2 rings (SSSR count). The van der Waals surface area contributed by atoms with Crippen LogP contribution in [0.4, 0.5) is 17.1 Å². The lowest BCUT2D eigenvalue weighted by Crippen LogP contribution is -2.11. The van der Waals surface area contributed by atoms with Crippen LogP contribution in [0.15, 0.2) is 30.5 Å². The Hall–Kier alpha value is -2.56. The fourth-order valence-corrected chi connectivity index (χ4v) is 2.16. The van der Waals surface area contributed by atoms with Gasteiger partial charge in [-0.2, -0.15) is 0 Å². The largest absolute Gasteiger partial charge is 0.478 e. The highest BCUT2D eigenvalue weighted by atomic mass is 16.4. The van der Waals surface area contributed by atoms with Gasteiger partial charge in [0.15, 0.2) is 0 Å². The van der Waals surface area contributed by atoms with Crippen molar-refractivity contribution in [3.63, 3.8) is 0 Å². The molecule has 0 spiro atoms. The summed E-state index contributed by atoms with van der Waals surface area (Å²) in [4.78, 5) is 17.3. The molecule has 0 amide bonds. The molecule has 1 heterocycles. The predicted molar refractivity (Wildman–Crippen MR) is 84.7 cm³/mol. The van der Waals surface area contributed by atoms with Gasteiger partial charge in [-0.05, 0) is 37.6 Å². The van der Waals surface area contributed by atoms with Crippen LogP contribution < -0.4 is 10.2 Å². The highest BCUT2D eigenvalue weighted by Gasteiger charge is 2.12. The number of anilines is 3. The standard InChI is InChI=1S/C16H19N3O2/c1-10-5-6-12(8-15(10)19(3)4)18-14-7-11(2)17-9-13(14)16(20)21/h5-9H,1-4H3,(H,17,18)(H,20,21). The van der Waals surface area contributed by atoms with E-state index in [9.17, 15) is 9.90 Å². The second kappa shape index (κ2) is 5.83. The molecule has 5 heteroatoms. The molecule has 0 saturated carbocycles. The van der Waals surface area contributed by atoms with Crippen molar-refractivity contribution in [2.75, 3.05) is 24.3 Å². The number of carboxylic acids is 1. The third-order valence-corrected chi connectivity index (χ3v) is 3.24. The number of hydrogen-bond donors (Lipinski definition) is 2. The average molecular weight is 285 g/mol. The molecular weight excluding hydrogens is 266 g/mol. The summed E-state index contributed by atoms with van der Waals surface area (Å²) in [5.74, 6) is -0.995. The number of hydrogen-bond acceptors (Lipinski definition) is 4. The van der Waals surface area contributed by atoms with Crippen molar-refractivity contribution in [2.24, 2.45) is 0 Å². The van der Waals surface area contributed by atoms with E-state index in [4.69, 9.17) is 0 Å². The molecule has 5 nitrogen and oxygen atoms in total. The number of nitrogens with one attached hydrogen (secondary N) is 1. The van der Waals surface area contributed by atoms with Gasteiger partial charge in [0.2, 0.25) is 0 Å². The van der Waals surface area contributed by atoms with Gasteiger partial charge in [-0.15, -0.1) is 0 Å². The summed E-state index contributed by atoms with van der Waals surface area (Å²) < 4.78 is 0. The van der Waals surface area contributed by atoms with Gasteiger partial charge < -0.3 is 15.3 Å². The first-order valence-electron chi connectivity index (χ1n) is 6.63. The van der Waals surface area contributed by atoms with Crippen LogP contribution in [0.2, 0.25) is 0 Å². The maximum Gasteiger partial charge on any atom is 0.339 e. The van der Waals surface area contributed by atoms with E-state index < -0.39 is 5.97 Å². The molecule has 0 radical (unpaired) electrons. The number of carboxylic acid groups (broad SMARTS) is 1. The van der Waals surface area contributed by atoms with Gasteiger partial charge in [-0.25, -0.2) is 4.79 Å². The van der Waals surface area contributed by atoms with Crippen LogP contribution in [0.25, 0.3) is 0 Å². The third kappa shape index (κ3) is 3.31. The molecule has 2 N–H and O–H groups in total. The number of nitrogens with zero attached hydrogens (tertiary/aromatic N) is 2. The van der Waals surface area contributed by atoms with Gasteiger partial charge in [0.25, 0.3) is 0 Å². The number of aromatic nitrogens is 1. The SMILES string of the molecule is Cc1cc(Nc2ccc(C)c(N(C)C)c2)c(C(=O)O)cn1. The number of aromatic carboxylic acids is 1. The highest BCUT2D eigenvalue weighted by Crippen LogP contribution is 2.26. The van der Waals surface area contributed by atoms with E-state index in [2.05, 4.69) is 10.3 Å². The van der Waals surface area contributed by atoms with E-state index in [1.807, 2.05) is 51.0 Å². The van der Waals surface area contributed by atoms with Gasteiger partial charge in [-0.1, -0.05) is 6.07 Å². The minimum absolute atomic E-state index is 0.160. The van der Waals surface area contributed by atoms with Crippen molar-refractivity contribution in [1.82, 2.24) is 4.98 Å². The Morgan fingerprint density at radius 2 is 1.95 bits per heavy atom. The summed E-state index contributed by atoms with van der Waals surface area (Å²) in [6.45, 7) is 3.87. The molecule has 2 aromatic rings. The monoisotopic (exact) mass is 285 g/mol. The van der Waals surface area contributed by atoms with Crippen molar-refractivity contribution in [3.8, 4) is 0 Å². The van der Waals surface area contributed by atoms with Crippen molar-refractivity contribution in [2.45, 2.75) is 13.8 Å². The Morgan fingerprint density at radius 3 is 2.57 bits per heavy atom. The van der Waals surface area contributed by atoms with Crippen LogP contribution in [-0.2, 0) is 0 Å². The number of carbonyl (C=O) groups is 1. The van der Waals surface area contributed by atoms with Crippen molar-refractivity contribution in [3.05, 3.63) is 47.3 Å². The lowest BCUT2D eigenvalue weighted by Gasteiger charge is -2.18. The zero-order chi connectivity index (χ0) is 15.6. The van der Waals surface area contributed by atoms with Crippen LogP contribution in [-0.4, -0.2) is 30.2 Å². The number of aryl methyl sites for hydroxylation is 2. The van der Waals surface area contributed by atoms with Crippen molar-refractivity contribution >= 4 is 23.0 Å². The highest BCUT2D eigenvalue weighted by molar-refractivity contribution is 5.95. The van der Waals surface area contributed by atoms with E-state index in [0.29, 0.717) is 5.69 Å². The molecule has 0 aliphatic heterocycles. The molecule has 0 fully saturated rings. The molecule has 0 unspecified atom stereocenters. The second-order valence-electron chi connectivity index (χ2n) is 5.20. The molecule has 110 valence electrons. The molecule has 0 aliphatic rings. The van der Waals surface area contributed by atoms with Crippen molar-refractivity contribution < 1.29 is 9.90 Å². The zero-order valence-corrected chi connectivity index (χ0v) is 12.6. The van der Waals surface area contributed by atoms with Crippen LogP contribution in [0, 0.1) is 13.8 Å². The Balaban J connectivity index is 2.40. The second-order valence-corrected chi connectivity index (χ2v) is 5.20. The normalized spacial score (nSPS) is 10.3. The molecule has 0 aliphatic carbocycles. The Morgan fingerprint density at radius 1 is 1.24 bits per heavy atom. The molecule has 21 heavy (non-hydrogen) atoms. The fourth-order valence-electron chi connectivity index (χ4n) is 2.16. The molecule has 0 atom stereocenters. The van der Waals surface area contributed by atoms with E-state index in [1.165, 1.54) is 6.20 Å². The van der Waals surface area contributed by atoms with Crippen LogP contribution in [0.3, 0.4) is 0 Å². The molecule has 0 bridgehead atoms. The maximum absolute atomic E-state index is 11.3. The maximum atomic E-state index is 11.3. The van der Waals surface area contributed by atoms with Crippen LogP contribution in [0.5, 0.6) is 0 Å².